The summed E-state index contributed by atoms with van der Waals surface area (Å²) in [7, 11) is 0. The highest BCUT2D eigenvalue weighted by Crippen LogP contribution is 2.20. The molecule has 2 heteroatoms. The fraction of sp³-hybridized carbons (Fsp3) is 1.00. The van der Waals surface area contributed by atoms with E-state index in [0.717, 1.165) is 6.04 Å². The number of hydrogen-bond donors (Lipinski definition) is 1. The molecule has 1 unspecified atom stereocenters. The van der Waals surface area contributed by atoms with Crippen LogP contribution in [0.2, 0.25) is 0 Å². The maximum Gasteiger partial charge on any atom is 0.00965 e. The third-order valence-corrected chi connectivity index (χ3v) is 3.75. The Balaban J connectivity index is 1.97. The first kappa shape index (κ1) is 15.0. The summed E-state index contributed by atoms with van der Waals surface area (Å²) in [6.45, 7) is 12.9. The molecule has 1 atom stereocenters. The van der Waals surface area contributed by atoms with Gasteiger partial charge in [-0.3, -0.25) is 0 Å². The molecule has 0 aromatic heterocycles. The predicted octanol–water partition coefficient (Wildman–Crippen LogP) is 3.42. The van der Waals surface area contributed by atoms with Crippen LogP contribution in [-0.4, -0.2) is 36.1 Å². The first-order valence-electron chi connectivity index (χ1n) is 7.52. The Kier molecular flexibility index (Phi) is 6.50. The molecule has 1 saturated heterocycles. The molecule has 102 valence electrons. The van der Waals surface area contributed by atoms with E-state index < -0.39 is 0 Å². The minimum Gasteiger partial charge on any atom is -0.312 e. The van der Waals surface area contributed by atoms with Crippen LogP contribution in [-0.2, 0) is 0 Å². The predicted molar refractivity (Wildman–Crippen MR) is 76.5 cm³/mol. The Bertz CT molecular complexity index is 196. The Morgan fingerprint density at radius 3 is 2.59 bits per heavy atom. The largest absolute Gasteiger partial charge is 0.312 e. The molecule has 1 rings (SSSR count). The lowest BCUT2D eigenvalue weighted by atomic mass is 10.1. The Hall–Kier alpha value is -0.0800. The number of likely N-dealkylation sites (tertiary alicyclic amines) is 1. The Morgan fingerprint density at radius 1 is 1.18 bits per heavy atom. The highest BCUT2D eigenvalue weighted by molar-refractivity contribution is 4.77. The third kappa shape index (κ3) is 6.42. The number of hydrogen-bond acceptors (Lipinski definition) is 2. The molecule has 1 N–H and O–H groups in total. The van der Waals surface area contributed by atoms with E-state index in [2.05, 4.69) is 37.9 Å². The quantitative estimate of drug-likeness (QED) is 0.686. The second kappa shape index (κ2) is 7.38. The monoisotopic (exact) mass is 240 g/mol. The van der Waals surface area contributed by atoms with E-state index in [-0.39, 0.29) is 5.54 Å². The summed E-state index contributed by atoms with van der Waals surface area (Å²) in [5.74, 6) is 0. The maximum atomic E-state index is 3.56. The van der Waals surface area contributed by atoms with Crippen LogP contribution < -0.4 is 5.32 Å². The van der Waals surface area contributed by atoms with Gasteiger partial charge in [-0.25, -0.2) is 0 Å². The number of nitrogens with zero attached hydrogens (tertiary/aromatic N) is 1. The minimum atomic E-state index is 0.280. The second-order valence-corrected chi connectivity index (χ2v) is 6.48. The van der Waals surface area contributed by atoms with Gasteiger partial charge in [-0.05, 0) is 72.5 Å². The van der Waals surface area contributed by atoms with Gasteiger partial charge >= 0.3 is 0 Å². The van der Waals surface area contributed by atoms with E-state index in [1.54, 1.807) is 0 Å². The highest BCUT2D eigenvalue weighted by atomic mass is 15.2. The molecule has 0 aromatic rings. The van der Waals surface area contributed by atoms with Gasteiger partial charge in [-0.2, -0.15) is 0 Å². The molecule has 0 amide bonds. The van der Waals surface area contributed by atoms with Gasteiger partial charge in [0, 0.05) is 11.6 Å². The van der Waals surface area contributed by atoms with Gasteiger partial charge in [0.2, 0.25) is 0 Å². The van der Waals surface area contributed by atoms with Crippen molar-refractivity contribution in [3.63, 3.8) is 0 Å². The van der Waals surface area contributed by atoms with Crippen LogP contribution in [0.1, 0.15) is 66.2 Å². The zero-order chi connectivity index (χ0) is 12.7. The fourth-order valence-corrected chi connectivity index (χ4v) is 2.73. The van der Waals surface area contributed by atoms with Crippen LogP contribution in [0, 0.1) is 0 Å². The van der Waals surface area contributed by atoms with E-state index in [1.165, 1.54) is 58.2 Å². The van der Waals surface area contributed by atoms with Crippen molar-refractivity contribution in [2.24, 2.45) is 0 Å². The van der Waals surface area contributed by atoms with Crippen LogP contribution >= 0.6 is 0 Å². The number of nitrogens with one attached hydrogen (secondary N) is 1. The van der Waals surface area contributed by atoms with E-state index in [9.17, 15) is 0 Å². The molecule has 1 aliphatic heterocycles. The lowest BCUT2D eigenvalue weighted by Crippen LogP contribution is -2.36. The van der Waals surface area contributed by atoms with Crippen molar-refractivity contribution in [3.8, 4) is 0 Å². The van der Waals surface area contributed by atoms with Crippen molar-refractivity contribution >= 4 is 0 Å². The highest BCUT2D eigenvalue weighted by Gasteiger charge is 2.21. The summed E-state index contributed by atoms with van der Waals surface area (Å²) < 4.78 is 0. The summed E-state index contributed by atoms with van der Waals surface area (Å²) in [5, 5.41) is 3.56. The molecule has 0 radical (unpaired) electrons. The van der Waals surface area contributed by atoms with Gasteiger partial charge in [0.15, 0.2) is 0 Å². The molecule has 17 heavy (non-hydrogen) atoms. The van der Waals surface area contributed by atoms with Crippen LogP contribution in [0.3, 0.4) is 0 Å². The Labute approximate surface area is 108 Å². The molecule has 0 spiro atoms. The lowest BCUT2D eigenvalue weighted by molar-refractivity contribution is 0.242. The molecule has 0 bridgehead atoms. The third-order valence-electron chi connectivity index (χ3n) is 3.75. The number of unbranched alkanes of at least 4 members (excludes halogenated alkanes) is 2. The molecular weight excluding hydrogens is 208 g/mol. The lowest BCUT2D eigenvalue weighted by Gasteiger charge is -2.23. The molecule has 0 aliphatic carbocycles. The second-order valence-electron chi connectivity index (χ2n) is 6.48. The minimum absolute atomic E-state index is 0.280. The van der Waals surface area contributed by atoms with Gasteiger partial charge < -0.3 is 10.2 Å². The molecule has 0 aromatic carbocycles. The van der Waals surface area contributed by atoms with Crippen molar-refractivity contribution in [1.29, 1.82) is 0 Å². The standard InChI is InChI=1S/C15H32N2/c1-5-14-10-9-13-17(14)12-8-6-7-11-16-15(2,3)4/h14,16H,5-13H2,1-4H3. The molecule has 0 saturated carbocycles. The van der Waals surface area contributed by atoms with Gasteiger partial charge in [-0.15, -0.1) is 0 Å². The normalized spacial score (nSPS) is 22.2. The van der Waals surface area contributed by atoms with Crippen LogP contribution in [0.5, 0.6) is 0 Å². The van der Waals surface area contributed by atoms with Crippen molar-refractivity contribution < 1.29 is 0 Å². The van der Waals surface area contributed by atoms with Gasteiger partial charge in [0.25, 0.3) is 0 Å². The molecule has 2 nitrogen and oxygen atoms in total. The van der Waals surface area contributed by atoms with E-state index in [1.807, 2.05) is 0 Å². The van der Waals surface area contributed by atoms with E-state index in [0.29, 0.717) is 0 Å². The topological polar surface area (TPSA) is 15.3 Å². The van der Waals surface area contributed by atoms with Crippen LogP contribution in [0.25, 0.3) is 0 Å². The summed E-state index contributed by atoms with van der Waals surface area (Å²) in [6, 6.07) is 0.891. The summed E-state index contributed by atoms with van der Waals surface area (Å²) >= 11 is 0. The number of rotatable bonds is 7. The zero-order valence-electron chi connectivity index (χ0n) is 12.4. The maximum absolute atomic E-state index is 3.56. The van der Waals surface area contributed by atoms with E-state index in [4.69, 9.17) is 0 Å². The molecule has 1 heterocycles. The molecule has 1 fully saturated rings. The average molecular weight is 240 g/mol. The van der Waals surface area contributed by atoms with Crippen molar-refractivity contribution in [3.05, 3.63) is 0 Å². The van der Waals surface area contributed by atoms with Crippen molar-refractivity contribution in [1.82, 2.24) is 10.2 Å². The summed E-state index contributed by atoms with van der Waals surface area (Å²) in [4.78, 5) is 2.71. The average Bonchev–Trinajstić information content (AvgIpc) is 2.69. The fourth-order valence-electron chi connectivity index (χ4n) is 2.73. The van der Waals surface area contributed by atoms with Crippen LogP contribution in [0.4, 0.5) is 0 Å². The first-order chi connectivity index (χ1) is 8.03. The molecule has 1 aliphatic rings. The summed E-state index contributed by atoms with van der Waals surface area (Å²) in [6.07, 6.45) is 8.26. The first-order valence-corrected chi connectivity index (χ1v) is 7.52. The summed E-state index contributed by atoms with van der Waals surface area (Å²) in [5.41, 5.74) is 0.280. The van der Waals surface area contributed by atoms with Gasteiger partial charge in [0.05, 0.1) is 0 Å². The zero-order valence-corrected chi connectivity index (χ0v) is 12.4. The molecular formula is C15H32N2. The smallest absolute Gasteiger partial charge is 0.00965 e. The van der Waals surface area contributed by atoms with Crippen LogP contribution in [0.15, 0.2) is 0 Å². The van der Waals surface area contributed by atoms with Gasteiger partial charge in [0.1, 0.15) is 0 Å². The van der Waals surface area contributed by atoms with Gasteiger partial charge in [-0.1, -0.05) is 13.3 Å². The SMILES string of the molecule is CCC1CCCN1CCCCCNC(C)(C)C. The van der Waals surface area contributed by atoms with Crippen molar-refractivity contribution in [2.45, 2.75) is 77.8 Å². The van der Waals surface area contributed by atoms with E-state index >= 15 is 0 Å². The van der Waals surface area contributed by atoms with Crippen molar-refractivity contribution in [2.75, 3.05) is 19.6 Å². The Morgan fingerprint density at radius 2 is 1.94 bits per heavy atom.